The van der Waals surface area contributed by atoms with Crippen LogP contribution in [0.25, 0.3) is 0 Å². The van der Waals surface area contributed by atoms with E-state index >= 15 is 0 Å². The fourth-order valence-electron chi connectivity index (χ4n) is 4.55. The van der Waals surface area contributed by atoms with Gasteiger partial charge in [-0.1, -0.05) is 30.3 Å². The van der Waals surface area contributed by atoms with Crippen molar-refractivity contribution in [3.05, 3.63) is 60.2 Å². The Bertz CT molecular complexity index is 1080. The maximum Gasteiger partial charge on any atom is 0.244 e. The Morgan fingerprint density at radius 3 is 2.21 bits per heavy atom. The van der Waals surface area contributed by atoms with Gasteiger partial charge in [0.15, 0.2) is 5.96 Å². The zero-order valence-electron chi connectivity index (χ0n) is 22.6. The first-order chi connectivity index (χ1) is 18.3. The average molecular weight is 521 g/mol. The molecule has 38 heavy (non-hydrogen) atoms. The van der Waals surface area contributed by atoms with Crippen molar-refractivity contribution in [2.75, 3.05) is 63.5 Å². The molecule has 2 aromatic carbocycles. The molecular weight excluding hydrogens is 480 g/mol. The summed E-state index contributed by atoms with van der Waals surface area (Å²) in [5.41, 5.74) is 2.51. The van der Waals surface area contributed by atoms with Crippen molar-refractivity contribution < 1.29 is 9.59 Å². The minimum Gasteiger partial charge on any atom is -0.362 e. The second kappa shape index (κ2) is 14.1. The molecule has 0 bridgehead atoms. The van der Waals surface area contributed by atoms with Gasteiger partial charge in [0.25, 0.3) is 0 Å². The highest BCUT2D eigenvalue weighted by Gasteiger charge is 2.34. The third-order valence-electron chi connectivity index (χ3n) is 6.66. The van der Waals surface area contributed by atoms with Crippen LogP contribution in [0, 0.1) is 10.8 Å². The molecule has 0 aromatic heterocycles. The van der Waals surface area contributed by atoms with Gasteiger partial charge >= 0.3 is 0 Å². The van der Waals surface area contributed by atoms with Gasteiger partial charge in [0, 0.05) is 44.1 Å². The third-order valence-corrected chi connectivity index (χ3v) is 6.66. The minimum atomic E-state index is -0.185. The van der Waals surface area contributed by atoms with Crippen LogP contribution >= 0.6 is 0 Å². The van der Waals surface area contributed by atoms with Crippen LogP contribution in [-0.2, 0) is 16.0 Å². The number of guanidine groups is 1. The summed E-state index contributed by atoms with van der Waals surface area (Å²) in [6, 6.07) is 17.4. The van der Waals surface area contributed by atoms with E-state index in [9.17, 15) is 9.59 Å². The molecule has 204 valence electrons. The van der Waals surface area contributed by atoms with Gasteiger partial charge in [-0.25, -0.2) is 0 Å². The van der Waals surface area contributed by atoms with Crippen molar-refractivity contribution in [1.82, 2.24) is 19.6 Å². The maximum absolute atomic E-state index is 12.8. The number of rotatable bonds is 14. The minimum absolute atomic E-state index is 0.110. The van der Waals surface area contributed by atoms with Crippen LogP contribution < -0.4 is 10.6 Å². The zero-order chi connectivity index (χ0) is 27.5. The van der Waals surface area contributed by atoms with Gasteiger partial charge < -0.3 is 25.3 Å². The molecule has 1 heterocycles. The molecule has 0 radical (unpaired) electrons. The van der Waals surface area contributed by atoms with Crippen molar-refractivity contribution in [2.24, 2.45) is 0 Å². The van der Waals surface area contributed by atoms with Crippen LogP contribution in [0.2, 0.25) is 0 Å². The van der Waals surface area contributed by atoms with Crippen molar-refractivity contribution in [1.29, 1.82) is 10.8 Å². The first-order valence-corrected chi connectivity index (χ1v) is 13.1. The number of likely N-dealkylation sites (N-methyl/N-ethyl adjacent to an activating group) is 3. The zero-order valence-corrected chi connectivity index (χ0v) is 22.6. The number of anilines is 2. The summed E-state index contributed by atoms with van der Waals surface area (Å²) in [7, 11) is 1.87. The third kappa shape index (κ3) is 8.31. The van der Waals surface area contributed by atoms with E-state index in [1.54, 1.807) is 24.3 Å². The fourth-order valence-corrected chi connectivity index (χ4v) is 4.55. The smallest absolute Gasteiger partial charge is 0.244 e. The van der Waals surface area contributed by atoms with Crippen molar-refractivity contribution >= 4 is 35.5 Å². The van der Waals surface area contributed by atoms with E-state index in [4.69, 9.17) is 10.8 Å². The number of hydrogen-bond acceptors (Lipinski definition) is 5. The quantitative estimate of drug-likeness (QED) is 0.225. The van der Waals surface area contributed by atoms with Crippen molar-refractivity contribution in [3.8, 4) is 0 Å². The lowest BCUT2D eigenvalue weighted by molar-refractivity contribution is -0.117. The maximum atomic E-state index is 12.8. The molecule has 1 unspecified atom stereocenters. The number of nitrogens with one attached hydrogen (secondary N) is 4. The van der Waals surface area contributed by atoms with Crippen molar-refractivity contribution in [2.45, 2.75) is 26.3 Å². The van der Waals surface area contributed by atoms with Crippen LogP contribution in [0.5, 0.6) is 0 Å². The Kier molecular flexibility index (Phi) is 10.7. The van der Waals surface area contributed by atoms with E-state index in [0.717, 1.165) is 19.5 Å². The normalized spacial score (nSPS) is 15.1. The summed E-state index contributed by atoms with van der Waals surface area (Å²) in [4.78, 5) is 32.8. The molecule has 10 heteroatoms. The van der Waals surface area contributed by atoms with E-state index in [-0.39, 0.29) is 30.9 Å². The lowest BCUT2D eigenvalue weighted by atomic mass is 10.1. The highest BCUT2D eigenvalue weighted by atomic mass is 16.2. The number of benzene rings is 2. The van der Waals surface area contributed by atoms with E-state index in [1.165, 1.54) is 11.9 Å². The van der Waals surface area contributed by atoms with Gasteiger partial charge in [-0.15, -0.1) is 0 Å². The highest BCUT2D eigenvalue weighted by Crippen LogP contribution is 2.19. The second-order valence-corrected chi connectivity index (χ2v) is 9.50. The average Bonchev–Trinajstić information content (AvgIpc) is 3.19. The molecular formula is C28H40N8O2. The Labute approximate surface area is 225 Å². The number of nitrogens with zero attached hydrogens (tertiary/aromatic N) is 4. The predicted molar refractivity (Wildman–Crippen MR) is 153 cm³/mol. The summed E-state index contributed by atoms with van der Waals surface area (Å²) in [6.07, 6.45) is 2.14. The van der Waals surface area contributed by atoms with Gasteiger partial charge in [0.05, 0.1) is 18.9 Å². The van der Waals surface area contributed by atoms with Gasteiger partial charge in [0.1, 0.15) is 6.54 Å². The Hall–Kier alpha value is -3.92. The molecule has 1 aliphatic rings. The first kappa shape index (κ1) is 28.6. The van der Waals surface area contributed by atoms with E-state index in [2.05, 4.69) is 22.8 Å². The number of carbonyl (C=O) groups excluding carboxylic acids is 2. The number of hydrogen-bond donors (Lipinski definition) is 4. The molecule has 10 nitrogen and oxygen atoms in total. The molecule has 0 spiro atoms. The Balaban J connectivity index is 1.46. The largest absolute Gasteiger partial charge is 0.362 e. The highest BCUT2D eigenvalue weighted by molar-refractivity contribution is 5.96. The molecule has 3 rings (SSSR count). The molecule has 1 saturated heterocycles. The van der Waals surface area contributed by atoms with E-state index in [0.29, 0.717) is 37.0 Å². The van der Waals surface area contributed by atoms with E-state index in [1.807, 2.05) is 58.7 Å². The Morgan fingerprint density at radius 1 is 1.00 bits per heavy atom. The standard InChI is InChI=1S/C28H40N8O2/c1-4-34(21-29)16-15-33(3)19-26(37)31-23-11-13-24(14-12-23)32-27(38)20-35-18-25(36(5-2)28(35)30)17-22-9-7-6-8-10-22/h6-14,21,25,29-30H,4-5,15-20H2,1-3H3,(H,31,37)(H,32,38). The molecule has 1 atom stereocenters. The van der Waals surface area contributed by atoms with Gasteiger partial charge in [-0.2, -0.15) is 0 Å². The number of carbonyl (C=O) groups is 2. The molecule has 2 aromatic rings. The van der Waals surface area contributed by atoms with Crippen LogP contribution in [0.15, 0.2) is 54.6 Å². The first-order valence-electron chi connectivity index (χ1n) is 13.1. The lowest BCUT2D eigenvalue weighted by Crippen LogP contribution is -2.38. The molecule has 0 aliphatic carbocycles. The molecule has 0 saturated carbocycles. The van der Waals surface area contributed by atoms with Crippen LogP contribution in [0.3, 0.4) is 0 Å². The summed E-state index contributed by atoms with van der Waals surface area (Å²) < 4.78 is 0. The summed E-state index contributed by atoms with van der Waals surface area (Å²) in [6.45, 7) is 7.87. The van der Waals surface area contributed by atoms with Crippen LogP contribution in [0.4, 0.5) is 11.4 Å². The molecule has 1 fully saturated rings. The van der Waals surface area contributed by atoms with Crippen LogP contribution in [0.1, 0.15) is 19.4 Å². The van der Waals surface area contributed by atoms with Gasteiger partial charge in [0.2, 0.25) is 11.8 Å². The summed E-state index contributed by atoms with van der Waals surface area (Å²) in [5, 5.41) is 21.7. The molecule has 2 amide bonds. The van der Waals surface area contributed by atoms with E-state index < -0.39 is 0 Å². The number of amides is 2. The second-order valence-electron chi connectivity index (χ2n) is 9.50. The van der Waals surface area contributed by atoms with Crippen LogP contribution in [-0.4, -0.2) is 103 Å². The molecule has 1 aliphatic heterocycles. The fraction of sp³-hybridized carbons (Fsp3) is 0.429. The Morgan fingerprint density at radius 2 is 1.63 bits per heavy atom. The monoisotopic (exact) mass is 520 g/mol. The van der Waals surface area contributed by atoms with Gasteiger partial charge in [-0.05, 0) is 57.1 Å². The topological polar surface area (TPSA) is 119 Å². The summed E-state index contributed by atoms with van der Waals surface area (Å²) >= 11 is 0. The molecule has 4 N–H and O–H groups in total. The van der Waals surface area contributed by atoms with Crippen molar-refractivity contribution in [3.63, 3.8) is 0 Å². The SMILES string of the molecule is CCN(C=N)CCN(C)CC(=O)Nc1ccc(NC(=O)CN2CC(Cc3ccccc3)N(CC)C2=N)cc1. The predicted octanol–water partition coefficient (Wildman–Crippen LogP) is 2.61. The van der Waals surface area contributed by atoms with Gasteiger partial charge in [-0.3, -0.25) is 25.3 Å². The lowest BCUT2D eigenvalue weighted by Gasteiger charge is -2.23. The summed E-state index contributed by atoms with van der Waals surface area (Å²) in [5.74, 6) is 0.0720.